The minimum atomic E-state index is -3.28. The fourth-order valence-electron chi connectivity index (χ4n) is 1.07. The summed E-state index contributed by atoms with van der Waals surface area (Å²) in [6.45, 7) is 2.53. The Hall–Kier alpha value is -0.910. The van der Waals surface area contributed by atoms with Gasteiger partial charge in [-0.15, -0.1) is 0 Å². The number of nitrogens with one attached hydrogen (secondary N) is 1. The van der Waals surface area contributed by atoms with Crippen molar-refractivity contribution in [3.63, 3.8) is 0 Å². The fourth-order valence-corrected chi connectivity index (χ4v) is 2.16. The van der Waals surface area contributed by atoms with Gasteiger partial charge in [-0.2, -0.15) is 0 Å². The highest BCUT2D eigenvalue weighted by Crippen LogP contribution is 2.06. The summed E-state index contributed by atoms with van der Waals surface area (Å²) in [6.07, 6.45) is 1.85. The van der Waals surface area contributed by atoms with Crippen LogP contribution in [0.25, 0.3) is 0 Å². The van der Waals surface area contributed by atoms with Gasteiger partial charge < -0.3 is 6.15 Å². The monoisotopic (exact) mass is 230 g/mol. The first-order chi connectivity index (χ1) is 6.67. The molecule has 0 aliphatic rings. The predicted octanol–water partition coefficient (Wildman–Crippen LogP) is 1.93. The molecule has 0 atom stereocenters. The molecule has 1 aromatic rings. The van der Waals surface area contributed by atoms with Crippen LogP contribution in [-0.4, -0.2) is 15.0 Å². The van der Waals surface area contributed by atoms with Gasteiger partial charge in [-0.3, -0.25) is 0 Å². The van der Waals surface area contributed by atoms with E-state index in [1.54, 1.807) is 30.3 Å². The molecule has 0 radical (unpaired) electrons. The molecule has 0 bridgehead atoms. The highest BCUT2D eigenvalue weighted by molar-refractivity contribution is 7.89. The van der Waals surface area contributed by atoms with Crippen molar-refractivity contribution in [1.82, 2.24) is 10.9 Å². The van der Waals surface area contributed by atoms with Crippen LogP contribution in [0.15, 0.2) is 35.2 Å². The van der Waals surface area contributed by atoms with Gasteiger partial charge in [-0.25, -0.2) is 13.1 Å². The first-order valence-electron chi connectivity index (χ1n) is 4.71. The van der Waals surface area contributed by atoms with Crippen molar-refractivity contribution >= 4 is 10.0 Å². The predicted molar refractivity (Wildman–Crippen MR) is 61.6 cm³/mol. The zero-order chi connectivity index (χ0) is 10.4. The van der Waals surface area contributed by atoms with Crippen LogP contribution in [0.1, 0.15) is 19.8 Å². The van der Waals surface area contributed by atoms with Crippen LogP contribution in [0, 0.1) is 0 Å². The smallest absolute Gasteiger partial charge is 0.240 e. The minimum Gasteiger partial charge on any atom is -0.344 e. The molecule has 4 N–H and O–H groups in total. The van der Waals surface area contributed by atoms with Crippen molar-refractivity contribution in [3.05, 3.63) is 30.3 Å². The van der Waals surface area contributed by atoms with Gasteiger partial charge in [0.15, 0.2) is 0 Å². The lowest BCUT2D eigenvalue weighted by Gasteiger charge is -2.04. The van der Waals surface area contributed by atoms with Gasteiger partial charge in [0.2, 0.25) is 10.0 Å². The van der Waals surface area contributed by atoms with Crippen molar-refractivity contribution in [2.45, 2.75) is 24.7 Å². The summed E-state index contributed by atoms with van der Waals surface area (Å²) >= 11 is 0. The third-order valence-corrected chi connectivity index (χ3v) is 3.35. The summed E-state index contributed by atoms with van der Waals surface area (Å²) in [4.78, 5) is 0.330. The second-order valence-corrected chi connectivity index (χ2v) is 4.83. The van der Waals surface area contributed by atoms with Gasteiger partial charge in [0.05, 0.1) is 4.90 Å². The molecule has 4 nitrogen and oxygen atoms in total. The van der Waals surface area contributed by atoms with Gasteiger partial charge in [-0.05, 0) is 18.6 Å². The molecule has 86 valence electrons. The molecule has 0 spiro atoms. The third kappa shape index (κ3) is 4.42. The zero-order valence-electron chi connectivity index (χ0n) is 8.94. The molecule has 0 amide bonds. The SMILES string of the molecule is CCCCNS(=O)(=O)c1ccccc1.N. The van der Waals surface area contributed by atoms with Gasteiger partial charge >= 0.3 is 0 Å². The molecule has 5 heteroatoms. The van der Waals surface area contributed by atoms with Gasteiger partial charge in [-0.1, -0.05) is 31.5 Å². The molecule has 1 rings (SSSR count). The second-order valence-electron chi connectivity index (χ2n) is 3.06. The zero-order valence-corrected chi connectivity index (χ0v) is 9.76. The van der Waals surface area contributed by atoms with Gasteiger partial charge in [0.1, 0.15) is 0 Å². The van der Waals surface area contributed by atoms with Crippen LogP contribution >= 0.6 is 0 Å². The van der Waals surface area contributed by atoms with E-state index in [-0.39, 0.29) is 6.15 Å². The Morgan fingerprint density at radius 1 is 1.20 bits per heavy atom. The lowest BCUT2D eigenvalue weighted by Crippen LogP contribution is -2.24. The largest absolute Gasteiger partial charge is 0.344 e. The number of benzene rings is 1. The Morgan fingerprint density at radius 2 is 1.80 bits per heavy atom. The maximum atomic E-state index is 11.6. The molecular weight excluding hydrogens is 212 g/mol. The van der Waals surface area contributed by atoms with Crippen molar-refractivity contribution in [2.24, 2.45) is 0 Å². The van der Waals surface area contributed by atoms with Crippen LogP contribution < -0.4 is 10.9 Å². The van der Waals surface area contributed by atoms with E-state index in [9.17, 15) is 8.42 Å². The van der Waals surface area contributed by atoms with E-state index in [1.165, 1.54) is 0 Å². The number of unbranched alkanes of at least 4 members (excludes halogenated alkanes) is 1. The van der Waals surface area contributed by atoms with E-state index < -0.39 is 10.0 Å². The van der Waals surface area contributed by atoms with E-state index in [2.05, 4.69) is 4.72 Å². The highest BCUT2D eigenvalue weighted by atomic mass is 32.2. The summed E-state index contributed by atoms with van der Waals surface area (Å²) in [5.41, 5.74) is 0. The Morgan fingerprint density at radius 3 is 2.33 bits per heavy atom. The van der Waals surface area contributed by atoms with Gasteiger partial charge in [0.25, 0.3) is 0 Å². The maximum Gasteiger partial charge on any atom is 0.240 e. The van der Waals surface area contributed by atoms with Crippen LogP contribution in [0.2, 0.25) is 0 Å². The molecule has 0 aliphatic carbocycles. The summed E-state index contributed by atoms with van der Waals surface area (Å²) < 4.78 is 25.7. The Balaban J connectivity index is 0.00000196. The average molecular weight is 230 g/mol. The number of hydrogen-bond donors (Lipinski definition) is 2. The lowest BCUT2D eigenvalue weighted by atomic mass is 10.3. The molecule has 0 heterocycles. The van der Waals surface area contributed by atoms with Crippen molar-refractivity contribution < 1.29 is 8.42 Å². The molecule has 0 saturated carbocycles. The number of rotatable bonds is 5. The fraction of sp³-hybridized carbons (Fsp3) is 0.400. The van der Waals surface area contributed by atoms with E-state index in [0.717, 1.165) is 12.8 Å². The summed E-state index contributed by atoms with van der Waals surface area (Å²) in [5.74, 6) is 0. The molecule has 0 fully saturated rings. The summed E-state index contributed by atoms with van der Waals surface area (Å²) in [6, 6.07) is 8.41. The molecule has 0 saturated heterocycles. The van der Waals surface area contributed by atoms with Crippen molar-refractivity contribution in [1.29, 1.82) is 0 Å². The second kappa shape index (κ2) is 6.55. The Kier molecular flexibility index (Phi) is 6.15. The quantitative estimate of drug-likeness (QED) is 0.758. The number of sulfonamides is 1. The highest BCUT2D eigenvalue weighted by Gasteiger charge is 2.11. The van der Waals surface area contributed by atoms with Crippen LogP contribution in [0.5, 0.6) is 0 Å². The number of hydrogen-bond acceptors (Lipinski definition) is 3. The molecule has 15 heavy (non-hydrogen) atoms. The molecule has 0 aromatic heterocycles. The molecular formula is C10H18N2O2S. The molecule has 0 aliphatic heterocycles. The van der Waals surface area contributed by atoms with Gasteiger partial charge in [0, 0.05) is 6.54 Å². The first kappa shape index (κ1) is 14.1. The van der Waals surface area contributed by atoms with Crippen molar-refractivity contribution in [3.8, 4) is 0 Å². The summed E-state index contributed by atoms with van der Waals surface area (Å²) in [7, 11) is -3.28. The maximum absolute atomic E-state index is 11.6. The van der Waals surface area contributed by atoms with E-state index >= 15 is 0 Å². The van der Waals surface area contributed by atoms with E-state index in [4.69, 9.17) is 0 Å². The molecule has 1 aromatic carbocycles. The van der Waals surface area contributed by atoms with Crippen LogP contribution in [0.4, 0.5) is 0 Å². The van der Waals surface area contributed by atoms with Crippen LogP contribution in [0.3, 0.4) is 0 Å². The Bertz CT molecular complexity index is 362. The summed E-state index contributed by atoms with van der Waals surface area (Å²) in [5, 5.41) is 0. The third-order valence-electron chi connectivity index (χ3n) is 1.88. The van der Waals surface area contributed by atoms with Crippen LogP contribution in [-0.2, 0) is 10.0 Å². The normalized spacial score (nSPS) is 10.7. The molecule has 0 unspecified atom stereocenters. The lowest BCUT2D eigenvalue weighted by molar-refractivity contribution is 0.578. The van der Waals surface area contributed by atoms with E-state index in [0.29, 0.717) is 11.4 Å². The average Bonchev–Trinajstić information content (AvgIpc) is 2.19. The standard InChI is InChI=1S/C10H15NO2S.H3N/c1-2-3-9-11-14(12,13)10-7-5-4-6-8-10;/h4-8,11H,2-3,9H2,1H3;1H3. The van der Waals surface area contributed by atoms with E-state index in [1.807, 2.05) is 6.92 Å². The minimum absolute atomic E-state index is 0. The van der Waals surface area contributed by atoms with Crippen molar-refractivity contribution in [2.75, 3.05) is 6.54 Å². The first-order valence-corrected chi connectivity index (χ1v) is 6.20. The topological polar surface area (TPSA) is 81.2 Å². The Labute approximate surface area is 91.3 Å².